The van der Waals surface area contributed by atoms with Gasteiger partial charge in [0, 0.05) is 10.6 Å². The number of carbonyl (C=O) groups is 2. The first-order chi connectivity index (χ1) is 9.83. The van der Waals surface area contributed by atoms with E-state index in [9.17, 15) is 9.59 Å². The highest BCUT2D eigenvalue weighted by Gasteiger charge is 2.21. The van der Waals surface area contributed by atoms with E-state index in [1.54, 1.807) is 18.2 Å². The maximum absolute atomic E-state index is 12.0. The Bertz CT molecular complexity index is 516. The minimum atomic E-state index is -1.03. The summed E-state index contributed by atoms with van der Waals surface area (Å²) in [5.41, 5.74) is 0.660. The van der Waals surface area contributed by atoms with Crippen molar-refractivity contribution in [1.82, 2.24) is 5.32 Å². The lowest BCUT2D eigenvalue weighted by Gasteiger charge is -2.17. The third-order valence-electron chi connectivity index (χ3n) is 2.94. The van der Waals surface area contributed by atoms with E-state index in [1.807, 2.05) is 13.8 Å². The van der Waals surface area contributed by atoms with Crippen molar-refractivity contribution >= 4 is 23.5 Å². The normalized spacial score (nSPS) is 12.0. The quantitative estimate of drug-likeness (QED) is 0.811. The molecule has 1 aromatic carbocycles. The van der Waals surface area contributed by atoms with E-state index in [1.165, 1.54) is 7.11 Å². The lowest BCUT2D eigenvalue weighted by Crippen LogP contribution is -2.42. The summed E-state index contributed by atoms with van der Waals surface area (Å²) in [5.74, 6) is -0.700. The number of carbonyl (C=O) groups excluding carboxylic acids is 1. The molecule has 0 aromatic heterocycles. The first-order valence-corrected chi connectivity index (χ1v) is 7.05. The van der Waals surface area contributed by atoms with E-state index in [-0.39, 0.29) is 18.2 Å². The van der Waals surface area contributed by atoms with E-state index in [2.05, 4.69) is 5.32 Å². The van der Waals surface area contributed by atoms with Gasteiger partial charge in [0.05, 0.1) is 13.5 Å². The molecule has 6 heteroatoms. The van der Waals surface area contributed by atoms with Gasteiger partial charge in [-0.3, -0.25) is 4.79 Å². The van der Waals surface area contributed by atoms with E-state index >= 15 is 0 Å². The van der Waals surface area contributed by atoms with E-state index < -0.39 is 12.0 Å². The number of halogens is 1. The Balaban J connectivity index is 2.74. The number of nitrogens with one attached hydrogen (secondary N) is 1. The third kappa shape index (κ3) is 5.63. The molecular weight excluding hydrogens is 294 g/mol. The summed E-state index contributed by atoms with van der Waals surface area (Å²) in [6.07, 6.45) is 0.432. The van der Waals surface area contributed by atoms with Crippen LogP contribution in [0.2, 0.25) is 5.02 Å². The van der Waals surface area contributed by atoms with Gasteiger partial charge in [0.2, 0.25) is 5.91 Å². The number of amides is 1. The smallest absolute Gasteiger partial charge is 0.326 e. The van der Waals surface area contributed by atoms with Crippen molar-refractivity contribution in [1.29, 1.82) is 0 Å². The van der Waals surface area contributed by atoms with Crippen molar-refractivity contribution in [2.75, 3.05) is 7.11 Å². The van der Waals surface area contributed by atoms with Gasteiger partial charge in [-0.05, 0) is 24.5 Å². The maximum atomic E-state index is 12.0. The number of carboxylic acids is 1. The summed E-state index contributed by atoms with van der Waals surface area (Å²) in [6, 6.07) is 4.09. The van der Waals surface area contributed by atoms with Gasteiger partial charge in [0.25, 0.3) is 0 Å². The van der Waals surface area contributed by atoms with Crippen molar-refractivity contribution in [3.63, 3.8) is 0 Å². The highest BCUT2D eigenvalue weighted by Crippen LogP contribution is 2.23. The number of benzene rings is 1. The van der Waals surface area contributed by atoms with Crippen molar-refractivity contribution in [3.8, 4) is 5.75 Å². The van der Waals surface area contributed by atoms with Gasteiger partial charge in [-0.2, -0.15) is 0 Å². The number of rotatable bonds is 7. The number of hydrogen-bond donors (Lipinski definition) is 2. The second kappa shape index (κ2) is 7.88. The van der Waals surface area contributed by atoms with Gasteiger partial charge < -0.3 is 15.2 Å². The van der Waals surface area contributed by atoms with Crippen molar-refractivity contribution in [2.24, 2.45) is 5.92 Å². The zero-order valence-corrected chi connectivity index (χ0v) is 13.1. The van der Waals surface area contributed by atoms with Gasteiger partial charge in [-0.25, -0.2) is 4.79 Å². The van der Waals surface area contributed by atoms with Crippen LogP contribution in [0, 0.1) is 5.92 Å². The van der Waals surface area contributed by atoms with Crippen LogP contribution in [0.3, 0.4) is 0 Å². The van der Waals surface area contributed by atoms with Crippen molar-refractivity contribution < 1.29 is 19.4 Å². The molecular formula is C15H20ClNO4. The topological polar surface area (TPSA) is 75.6 Å². The Kier molecular flexibility index (Phi) is 6.49. The first kappa shape index (κ1) is 17.3. The Hall–Kier alpha value is -1.75. The third-order valence-corrected chi connectivity index (χ3v) is 3.18. The van der Waals surface area contributed by atoms with E-state index in [0.717, 1.165) is 0 Å². The molecule has 116 valence electrons. The fourth-order valence-electron chi connectivity index (χ4n) is 1.98. The fourth-order valence-corrected chi connectivity index (χ4v) is 2.14. The van der Waals surface area contributed by atoms with Gasteiger partial charge in [0.1, 0.15) is 11.8 Å². The summed E-state index contributed by atoms with van der Waals surface area (Å²) in [5, 5.41) is 12.2. The average Bonchev–Trinajstić information content (AvgIpc) is 2.39. The Labute approximate surface area is 129 Å². The van der Waals surface area contributed by atoms with Gasteiger partial charge >= 0.3 is 5.97 Å². The fraction of sp³-hybridized carbons (Fsp3) is 0.467. The highest BCUT2D eigenvalue weighted by atomic mass is 35.5. The van der Waals surface area contributed by atoms with Crippen LogP contribution >= 0.6 is 11.6 Å². The molecule has 0 unspecified atom stereocenters. The molecule has 2 N–H and O–H groups in total. The predicted octanol–water partition coefficient (Wildman–Crippen LogP) is 2.51. The number of aliphatic carboxylic acids is 1. The largest absolute Gasteiger partial charge is 0.496 e. The number of methoxy groups -OCH3 is 1. The molecule has 0 saturated carbocycles. The molecule has 1 amide bonds. The van der Waals surface area contributed by atoms with Crippen LogP contribution in [-0.2, 0) is 16.0 Å². The lowest BCUT2D eigenvalue weighted by molar-refractivity contribution is -0.142. The summed E-state index contributed by atoms with van der Waals surface area (Å²) < 4.78 is 5.16. The minimum absolute atomic E-state index is 0.0439. The maximum Gasteiger partial charge on any atom is 0.326 e. The monoisotopic (exact) mass is 313 g/mol. The molecule has 1 atom stereocenters. The van der Waals surface area contributed by atoms with Gasteiger partial charge in [0.15, 0.2) is 0 Å². The Morgan fingerprint density at radius 1 is 1.38 bits per heavy atom. The molecule has 0 aliphatic heterocycles. The molecule has 1 aromatic rings. The van der Waals surface area contributed by atoms with Crippen LogP contribution < -0.4 is 10.1 Å². The molecule has 0 bridgehead atoms. The molecule has 1 rings (SSSR count). The van der Waals surface area contributed by atoms with Crippen molar-refractivity contribution in [3.05, 3.63) is 28.8 Å². The zero-order valence-electron chi connectivity index (χ0n) is 12.4. The Morgan fingerprint density at radius 2 is 2.05 bits per heavy atom. The van der Waals surface area contributed by atoms with Gasteiger partial charge in [-0.15, -0.1) is 0 Å². The molecule has 0 fully saturated rings. The standard InChI is InChI=1S/C15H20ClNO4/c1-9(2)6-12(15(19)20)17-14(18)7-10-4-5-11(16)8-13(10)21-3/h4-5,8-9,12H,6-7H2,1-3H3,(H,17,18)(H,19,20)/t12-/m0/s1. The second-order valence-electron chi connectivity index (χ2n) is 5.22. The lowest BCUT2D eigenvalue weighted by atomic mass is 10.0. The SMILES string of the molecule is COc1cc(Cl)ccc1CC(=O)N[C@@H](CC(C)C)C(=O)O. The average molecular weight is 314 g/mol. The predicted molar refractivity (Wildman–Crippen MR) is 80.7 cm³/mol. The molecule has 0 saturated heterocycles. The van der Waals surface area contributed by atoms with Crippen LogP contribution in [0.5, 0.6) is 5.75 Å². The van der Waals surface area contributed by atoms with Crippen LogP contribution in [0.1, 0.15) is 25.8 Å². The number of carboxylic acid groups (broad SMARTS) is 1. The summed E-state index contributed by atoms with van der Waals surface area (Å²) in [7, 11) is 1.49. The van der Waals surface area contributed by atoms with Crippen LogP contribution in [-0.4, -0.2) is 30.1 Å². The van der Waals surface area contributed by atoms with E-state index in [0.29, 0.717) is 22.8 Å². The van der Waals surface area contributed by atoms with Crippen LogP contribution in [0.15, 0.2) is 18.2 Å². The second-order valence-corrected chi connectivity index (χ2v) is 5.66. The molecule has 0 radical (unpaired) electrons. The highest BCUT2D eigenvalue weighted by molar-refractivity contribution is 6.30. The number of hydrogen-bond acceptors (Lipinski definition) is 3. The van der Waals surface area contributed by atoms with Crippen LogP contribution in [0.4, 0.5) is 0 Å². The summed E-state index contributed by atoms with van der Waals surface area (Å²) in [4.78, 5) is 23.1. The molecule has 0 spiro atoms. The van der Waals surface area contributed by atoms with Crippen LogP contribution in [0.25, 0.3) is 0 Å². The summed E-state index contributed by atoms with van der Waals surface area (Å²) >= 11 is 5.86. The van der Waals surface area contributed by atoms with Crippen molar-refractivity contribution in [2.45, 2.75) is 32.7 Å². The first-order valence-electron chi connectivity index (χ1n) is 6.68. The zero-order chi connectivity index (χ0) is 16.0. The summed E-state index contributed by atoms with van der Waals surface area (Å²) in [6.45, 7) is 3.81. The minimum Gasteiger partial charge on any atom is -0.496 e. The molecule has 5 nitrogen and oxygen atoms in total. The van der Waals surface area contributed by atoms with E-state index in [4.69, 9.17) is 21.4 Å². The van der Waals surface area contributed by atoms with Gasteiger partial charge in [-0.1, -0.05) is 31.5 Å². The number of ether oxygens (including phenoxy) is 1. The molecule has 21 heavy (non-hydrogen) atoms. The molecule has 0 heterocycles. The molecule has 0 aliphatic rings. The molecule has 0 aliphatic carbocycles. The Morgan fingerprint density at radius 3 is 2.57 bits per heavy atom.